The third-order valence-electron chi connectivity index (χ3n) is 14.8. The number of fused-ring (bicyclic) bond motifs is 2. The summed E-state index contributed by atoms with van der Waals surface area (Å²) in [6.45, 7) is 18.4. The number of allylic oxidation sites excluding steroid dienone is 2. The van der Waals surface area contributed by atoms with Crippen molar-refractivity contribution in [1.29, 1.82) is 0 Å². The molecular formula is C60H69Cl2SiZr. The van der Waals surface area contributed by atoms with Gasteiger partial charge in [0.15, 0.2) is 0 Å². The molecule has 8 rings (SSSR count). The zero-order chi connectivity index (χ0) is 45.2. The van der Waals surface area contributed by atoms with Gasteiger partial charge in [0, 0.05) is 0 Å². The molecule has 0 nitrogen and oxygen atoms in total. The Bertz CT molecular complexity index is 2490. The summed E-state index contributed by atoms with van der Waals surface area (Å²) in [5.41, 5.74) is 23.7. The summed E-state index contributed by atoms with van der Waals surface area (Å²) in [6.07, 6.45) is 16.9. The standard InChI is InChI=1S/2C29H31.C2H7Si.2ClH.Zr/c2*1-4-5-6-7-8-23-19-28-26(24-13-9-21(2)10-14-24)17-18-27(29(28)20-23)25-15-11-22(3)12-16-25;1-3-2;;;/h2*9-20H,4-8H2,1-3H3;3H,1-2H3;2*1H;/q;;;;;+2/p-2. The summed E-state index contributed by atoms with van der Waals surface area (Å²) in [4.78, 5) is 0. The predicted octanol–water partition coefficient (Wildman–Crippen LogP) is 19.1. The van der Waals surface area contributed by atoms with Crippen molar-refractivity contribution in [3.63, 3.8) is 0 Å². The van der Waals surface area contributed by atoms with Gasteiger partial charge in [0.05, 0.1) is 0 Å². The van der Waals surface area contributed by atoms with Gasteiger partial charge < -0.3 is 0 Å². The molecule has 331 valence electrons. The van der Waals surface area contributed by atoms with Gasteiger partial charge in [0.25, 0.3) is 0 Å². The Kier molecular flexibility index (Phi) is 14.5. The van der Waals surface area contributed by atoms with Crippen LogP contribution in [0.2, 0.25) is 13.1 Å². The van der Waals surface area contributed by atoms with Crippen LogP contribution in [0.15, 0.2) is 132 Å². The van der Waals surface area contributed by atoms with Gasteiger partial charge >= 0.3 is 398 Å². The number of aryl methyl sites for hydroxylation is 4. The molecule has 0 saturated carbocycles. The molecule has 64 heavy (non-hydrogen) atoms. The third-order valence-corrected chi connectivity index (χ3v) is 66.6. The Morgan fingerprint density at radius 1 is 0.406 bits per heavy atom. The van der Waals surface area contributed by atoms with Gasteiger partial charge in [-0.2, -0.15) is 0 Å². The van der Waals surface area contributed by atoms with Gasteiger partial charge in [-0.1, -0.05) is 0 Å². The van der Waals surface area contributed by atoms with E-state index in [4.69, 9.17) is 0 Å². The van der Waals surface area contributed by atoms with E-state index in [-0.39, 0.29) is 7.25 Å². The first-order valence-corrected chi connectivity index (χ1v) is 40.7. The van der Waals surface area contributed by atoms with Crippen molar-refractivity contribution in [3.05, 3.63) is 177 Å². The summed E-state index contributed by atoms with van der Waals surface area (Å²) in [5.74, 6) is -1.89. The first-order chi connectivity index (χ1) is 30.8. The van der Waals surface area contributed by atoms with Crippen LogP contribution in [-0.2, 0) is 15.6 Å². The number of benzene rings is 6. The first-order valence-electron chi connectivity index (χ1n) is 24.4. The first kappa shape index (κ1) is 47.0. The molecule has 0 aliphatic heterocycles. The summed E-state index contributed by atoms with van der Waals surface area (Å²) < 4.78 is -0.0303. The van der Waals surface area contributed by atoms with Crippen LogP contribution in [-0.4, -0.2) is 5.92 Å². The van der Waals surface area contributed by atoms with Gasteiger partial charge in [0.2, 0.25) is 0 Å². The van der Waals surface area contributed by atoms with Crippen molar-refractivity contribution < 1.29 is 15.6 Å². The Morgan fingerprint density at radius 3 is 1.00 bits per heavy atom. The molecule has 0 radical (unpaired) electrons. The number of rotatable bonds is 17. The molecule has 0 amide bonds. The average Bonchev–Trinajstić information content (AvgIpc) is 3.88. The van der Waals surface area contributed by atoms with E-state index in [1.165, 1.54) is 139 Å². The van der Waals surface area contributed by atoms with E-state index in [1.54, 1.807) is 0 Å². The van der Waals surface area contributed by atoms with Crippen molar-refractivity contribution in [1.82, 2.24) is 0 Å². The molecule has 0 saturated heterocycles. The second kappa shape index (κ2) is 19.8. The second-order valence-corrected chi connectivity index (χ2v) is 62.3. The van der Waals surface area contributed by atoms with E-state index < -0.39 is 21.5 Å². The Balaban J connectivity index is 1.46. The van der Waals surface area contributed by atoms with Gasteiger partial charge in [-0.25, -0.2) is 0 Å². The normalized spacial score (nSPS) is 16.3. The van der Waals surface area contributed by atoms with E-state index in [0.29, 0.717) is 0 Å². The van der Waals surface area contributed by atoms with Gasteiger partial charge in [-0.05, 0) is 0 Å². The van der Waals surface area contributed by atoms with Gasteiger partial charge in [0.1, 0.15) is 0 Å². The molecule has 2 atom stereocenters. The average molecular weight is 980 g/mol. The maximum absolute atomic E-state index is 9.43. The number of hydrogen-bond donors (Lipinski definition) is 0. The van der Waals surface area contributed by atoms with E-state index in [0.717, 1.165) is 25.7 Å². The van der Waals surface area contributed by atoms with Gasteiger partial charge in [-0.15, -0.1) is 0 Å². The van der Waals surface area contributed by atoms with Crippen LogP contribution in [0.5, 0.6) is 0 Å². The SMILES string of the molecule is CCCCCCC1=Cc2c(-c3ccc(C)cc3)ccc(-c3ccc(C)cc3)c2[CH]1[Zr]([Cl])([Cl])([CH]1C(CCCCCC)=Cc2c(-c3ccc(C)cc3)ccc(-c3ccc(C)cc3)c21)[SiH](C)C. The van der Waals surface area contributed by atoms with E-state index in [9.17, 15) is 17.0 Å². The van der Waals surface area contributed by atoms with Crippen molar-refractivity contribution in [2.24, 2.45) is 0 Å². The number of hydrogen-bond acceptors (Lipinski definition) is 0. The summed E-state index contributed by atoms with van der Waals surface area (Å²) in [6, 6.07) is 46.3. The molecule has 0 aromatic heterocycles. The molecular weight excluding hydrogens is 911 g/mol. The molecule has 6 aromatic rings. The number of halogens is 2. The molecule has 0 heterocycles. The Hall–Kier alpha value is -3.52. The fraction of sp³-hybridized carbons (Fsp3) is 0.333. The fourth-order valence-corrected chi connectivity index (χ4v) is 42.3. The molecule has 6 aromatic carbocycles. The van der Waals surface area contributed by atoms with Crippen LogP contribution in [0.1, 0.15) is 130 Å². The molecule has 4 heteroatoms. The Labute approximate surface area is 395 Å². The number of unbranched alkanes of at least 4 members (excludes halogenated alkanes) is 6. The van der Waals surface area contributed by atoms with E-state index >= 15 is 0 Å². The molecule has 0 spiro atoms. The van der Waals surface area contributed by atoms with Crippen LogP contribution in [0.25, 0.3) is 56.7 Å². The molecule has 0 N–H and O–H groups in total. The summed E-state index contributed by atoms with van der Waals surface area (Å²) in [5, 5.41) is 0. The van der Waals surface area contributed by atoms with Gasteiger partial charge in [-0.3, -0.25) is 0 Å². The second-order valence-electron chi connectivity index (χ2n) is 19.7. The topological polar surface area (TPSA) is 0 Å². The Morgan fingerprint density at radius 2 is 0.703 bits per heavy atom. The minimum atomic E-state index is -5.35. The van der Waals surface area contributed by atoms with Crippen molar-refractivity contribution in [2.45, 2.75) is 126 Å². The predicted molar refractivity (Wildman–Crippen MR) is 283 cm³/mol. The van der Waals surface area contributed by atoms with E-state index in [1.807, 2.05) is 0 Å². The van der Waals surface area contributed by atoms with Crippen LogP contribution >= 0.6 is 17.0 Å². The minimum absolute atomic E-state index is 0.0151. The zero-order valence-corrected chi connectivity index (χ0v) is 44.9. The summed E-state index contributed by atoms with van der Waals surface area (Å²) >= 11 is -5.35. The third kappa shape index (κ3) is 9.01. The zero-order valence-electron chi connectivity index (χ0n) is 39.8. The van der Waals surface area contributed by atoms with Crippen molar-refractivity contribution in [2.75, 3.05) is 0 Å². The molecule has 0 fully saturated rings. The van der Waals surface area contributed by atoms with Crippen LogP contribution < -0.4 is 0 Å². The summed E-state index contributed by atoms with van der Waals surface area (Å²) in [7, 11) is 18.9. The quantitative estimate of drug-likeness (QED) is 0.0631. The monoisotopic (exact) mass is 977 g/mol. The molecule has 2 unspecified atom stereocenters. The molecule has 0 bridgehead atoms. The van der Waals surface area contributed by atoms with Crippen LogP contribution in [0, 0.1) is 27.7 Å². The maximum atomic E-state index is 9.43. The fourth-order valence-electron chi connectivity index (χ4n) is 11.1. The molecule has 2 aliphatic rings. The van der Waals surface area contributed by atoms with Crippen LogP contribution in [0.3, 0.4) is 0 Å². The van der Waals surface area contributed by atoms with Crippen molar-refractivity contribution >= 4 is 35.1 Å². The molecule has 2 aliphatic carbocycles. The van der Waals surface area contributed by atoms with Crippen molar-refractivity contribution in [3.8, 4) is 44.5 Å². The van der Waals surface area contributed by atoms with Crippen LogP contribution in [0.4, 0.5) is 0 Å². The van der Waals surface area contributed by atoms with E-state index in [2.05, 4.69) is 188 Å².